The predicted molar refractivity (Wildman–Crippen MR) is 85.3 cm³/mol. The van der Waals surface area contributed by atoms with Crippen LogP contribution >= 0.6 is 15.9 Å². The Bertz CT molecular complexity index is 429. The molecular formula is C16H24BrNO2. The van der Waals surface area contributed by atoms with E-state index in [4.69, 9.17) is 15.2 Å². The third-order valence-electron chi connectivity index (χ3n) is 3.69. The zero-order valence-corrected chi connectivity index (χ0v) is 13.7. The second-order valence-electron chi connectivity index (χ2n) is 5.27. The van der Waals surface area contributed by atoms with Crippen molar-refractivity contribution in [3.63, 3.8) is 0 Å². The van der Waals surface area contributed by atoms with Crippen LogP contribution in [0, 0.1) is 0 Å². The Kier molecular flexibility index (Phi) is 6.17. The van der Waals surface area contributed by atoms with Crippen molar-refractivity contribution in [2.75, 3.05) is 6.61 Å². The number of ether oxygens (including phenoxy) is 2. The van der Waals surface area contributed by atoms with Crippen LogP contribution in [0.3, 0.4) is 0 Å². The fourth-order valence-electron chi connectivity index (χ4n) is 2.64. The monoisotopic (exact) mass is 341 g/mol. The minimum Gasteiger partial charge on any atom is -0.490 e. The zero-order chi connectivity index (χ0) is 14.4. The predicted octanol–water partition coefficient (Wildman–Crippen LogP) is 4.41. The van der Waals surface area contributed by atoms with Gasteiger partial charge < -0.3 is 15.2 Å². The van der Waals surface area contributed by atoms with Crippen LogP contribution in [0.15, 0.2) is 16.6 Å². The van der Waals surface area contributed by atoms with Gasteiger partial charge in [-0.1, -0.05) is 12.8 Å². The maximum atomic E-state index is 6.24. The van der Waals surface area contributed by atoms with E-state index in [-0.39, 0.29) is 0 Å². The van der Waals surface area contributed by atoms with Crippen molar-refractivity contribution in [3.05, 3.63) is 22.2 Å². The van der Waals surface area contributed by atoms with E-state index in [1.54, 1.807) is 0 Å². The average Bonchev–Trinajstić information content (AvgIpc) is 2.71. The summed E-state index contributed by atoms with van der Waals surface area (Å²) < 4.78 is 12.9. The normalized spacial score (nSPS) is 16.8. The largest absolute Gasteiger partial charge is 0.490 e. The molecule has 3 nitrogen and oxygen atoms in total. The van der Waals surface area contributed by atoms with E-state index in [1.807, 2.05) is 19.1 Å². The zero-order valence-electron chi connectivity index (χ0n) is 12.2. The summed E-state index contributed by atoms with van der Waals surface area (Å²) in [4.78, 5) is 0. The molecule has 4 heteroatoms. The highest BCUT2D eigenvalue weighted by Crippen LogP contribution is 2.38. The molecule has 0 bridgehead atoms. The molecule has 112 valence electrons. The van der Waals surface area contributed by atoms with E-state index >= 15 is 0 Å². The molecule has 0 atom stereocenters. The Labute approximate surface area is 130 Å². The van der Waals surface area contributed by atoms with Gasteiger partial charge in [-0.3, -0.25) is 0 Å². The fourth-order valence-corrected chi connectivity index (χ4v) is 3.23. The lowest BCUT2D eigenvalue weighted by atomic mass is 10.1. The molecule has 1 aromatic carbocycles. The van der Waals surface area contributed by atoms with Gasteiger partial charge in [-0.25, -0.2) is 0 Å². The fraction of sp³-hybridized carbons (Fsp3) is 0.625. The van der Waals surface area contributed by atoms with Crippen molar-refractivity contribution < 1.29 is 9.47 Å². The van der Waals surface area contributed by atoms with Crippen molar-refractivity contribution in [2.45, 2.75) is 58.1 Å². The molecule has 0 unspecified atom stereocenters. The molecule has 0 aliphatic heterocycles. The highest BCUT2D eigenvalue weighted by atomic mass is 79.9. The van der Waals surface area contributed by atoms with Crippen LogP contribution in [0.2, 0.25) is 0 Å². The van der Waals surface area contributed by atoms with Gasteiger partial charge in [0.2, 0.25) is 0 Å². The molecule has 0 aromatic heterocycles. The quantitative estimate of drug-likeness (QED) is 0.806. The van der Waals surface area contributed by atoms with Crippen molar-refractivity contribution in [2.24, 2.45) is 5.73 Å². The number of hydrogen-bond acceptors (Lipinski definition) is 3. The van der Waals surface area contributed by atoms with Crippen LogP contribution in [-0.2, 0) is 6.54 Å². The van der Waals surface area contributed by atoms with Gasteiger partial charge in [-0.15, -0.1) is 0 Å². The van der Waals surface area contributed by atoms with Crippen LogP contribution in [0.5, 0.6) is 11.5 Å². The van der Waals surface area contributed by atoms with E-state index in [0.29, 0.717) is 19.3 Å². The molecule has 1 saturated carbocycles. The second-order valence-corrected chi connectivity index (χ2v) is 6.13. The molecule has 0 amide bonds. The first-order chi connectivity index (χ1) is 9.74. The summed E-state index contributed by atoms with van der Waals surface area (Å²) in [5.74, 6) is 1.63. The molecule has 0 saturated heterocycles. The van der Waals surface area contributed by atoms with Crippen LogP contribution in [0.25, 0.3) is 0 Å². The van der Waals surface area contributed by atoms with Gasteiger partial charge >= 0.3 is 0 Å². The van der Waals surface area contributed by atoms with E-state index in [1.165, 1.54) is 25.7 Å². The molecule has 2 N–H and O–H groups in total. The Morgan fingerprint density at radius 2 is 1.90 bits per heavy atom. The Morgan fingerprint density at radius 1 is 1.20 bits per heavy atom. The van der Waals surface area contributed by atoms with Crippen molar-refractivity contribution >= 4 is 15.9 Å². The first kappa shape index (κ1) is 15.6. The van der Waals surface area contributed by atoms with Crippen LogP contribution in [-0.4, -0.2) is 12.7 Å². The van der Waals surface area contributed by atoms with E-state index in [2.05, 4.69) is 15.9 Å². The number of benzene rings is 1. The van der Waals surface area contributed by atoms with Gasteiger partial charge in [0, 0.05) is 6.54 Å². The lowest BCUT2D eigenvalue weighted by Gasteiger charge is -2.21. The second kappa shape index (κ2) is 7.89. The molecular weight excluding hydrogens is 318 g/mol. The topological polar surface area (TPSA) is 44.5 Å². The molecule has 0 radical (unpaired) electrons. The van der Waals surface area contributed by atoms with Crippen molar-refractivity contribution in [1.29, 1.82) is 0 Å². The minimum atomic E-state index is 0.303. The van der Waals surface area contributed by atoms with Gasteiger partial charge in [0.15, 0.2) is 11.5 Å². The third kappa shape index (κ3) is 4.13. The molecule has 2 rings (SSSR count). The third-order valence-corrected chi connectivity index (χ3v) is 4.28. The van der Waals surface area contributed by atoms with E-state index in [9.17, 15) is 0 Å². The van der Waals surface area contributed by atoms with Gasteiger partial charge in [0.05, 0.1) is 17.2 Å². The number of nitrogens with two attached hydrogens (primary N) is 1. The maximum Gasteiger partial charge on any atom is 0.175 e. The smallest absolute Gasteiger partial charge is 0.175 e. The van der Waals surface area contributed by atoms with Crippen LogP contribution in [0.1, 0.15) is 51.0 Å². The van der Waals surface area contributed by atoms with Gasteiger partial charge in [0.1, 0.15) is 0 Å². The summed E-state index contributed by atoms with van der Waals surface area (Å²) in [7, 11) is 0. The summed E-state index contributed by atoms with van der Waals surface area (Å²) in [6.07, 6.45) is 7.74. The number of halogens is 1. The van der Waals surface area contributed by atoms with Gasteiger partial charge in [-0.05, 0) is 66.2 Å². The summed E-state index contributed by atoms with van der Waals surface area (Å²) in [6, 6.07) is 4.01. The lowest BCUT2D eigenvalue weighted by molar-refractivity contribution is 0.172. The van der Waals surface area contributed by atoms with Crippen molar-refractivity contribution in [1.82, 2.24) is 0 Å². The summed E-state index contributed by atoms with van der Waals surface area (Å²) in [5.41, 5.74) is 6.77. The Hall–Kier alpha value is -0.740. The molecule has 1 aromatic rings. The molecule has 0 spiro atoms. The highest BCUT2D eigenvalue weighted by molar-refractivity contribution is 9.10. The standard InChI is InChI=1S/C16H24BrNO2/c1-2-19-15-10-12(11-18)9-14(17)16(15)20-13-7-5-3-4-6-8-13/h9-10,13H,2-8,11,18H2,1H3. The lowest BCUT2D eigenvalue weighted by Crippen LogP contribution is -2.16. The molecule has 1 fully saturated rings. The van der Waals surface area contributed by atoms with Crippen LogP contribution < -0.4 is 15.2 Å². The SMILES string of the molecule is CCOc1cc(CN)cc(Br)c1OC1CCCCCC1. The maximum absolute atomic E-state index is 6.24. The Morgan fingerprint density at radius 3 is 2.50 bits per heavy atom. The highest BCUT2D eigenvalue weighted by Gasteiger charge is 2.19. The molecule has 1 aliphatic carbocycles. The first-order valence-corrected chi connectivity index (χ1v) is 8.35. The van der Waals surface area contributed by atoms with Crippen molar-refractivity contribution in [3.8, 4) is 11.5 Å². The summed E-state index contributed by atoms with van der Waals surface area (Å²) >= 11 is 3.59. The summed E-state index contributed by atoms with van der Waals surface area (Å²) in [6.45, 7) is 3.11. The summed E-state index contributed by atoms with van der Waals surface area (Å²) in [5, 5.41) is 0. The van der Waals surface area contributed by atoms with Gasteiger partial charge in [0.25, 0.3) is 0 Å². The van der Waals surface area contributed by atoms with Crippen LogP contribution in [0.4, 0.5) is 0 Å². The van der Waals surface area contributed by atoms with Gasteiger partial charge in [-0.2, -0.15) is 0 Å². The molecule has 1 aliphatic rings. The Balaban J connectivity index is 2.19. The molecule has 20 heavy (non-hydrogen) atoms. The number of rotatable bonds is 5. The van der Waals surface area contributed by atoms with E-state index < -0.39 is 0 Å². The minimum absolute atomic E-state index is 0.303. The first-order valence-electron chi connectivity index (χ1n) is 7.56. The number of hydrogen-bond donors (Lipinski definition) is 1. The molecule has 0 heterocycles. The average molecular weight is 342 g/mol. The van der Waals surface area contributed by atoms with E-state index in [0.717, 1.165) is 34.4 Å².